The summed E-state index contributed by atoms with van der Waals surface area (Å²) in [6, 6.07) is 7.73. The molecule has 4 rings (SSSR count). The number of benzene rings is 1. The van der Waals surface area contributed by atoms with Crippen LogP contribution in [0.4, 0.5) is 0 Å². The van der Waals surface area contributed by atoms with Crippen molar-refractivity contribution in [1.82, 2.24) is 4.90 Å². The molecule has 0 aromatic heterocycles. The van der Waals surface area contributed by atoms with Gasteiger partial charge >= 0.3 is 0 Å². The minimum Gasteiger partial charge on any atom is -0.294 e. The number of carbonyl (C=O) groups excluding carboxylic acids is 1. The largest absolute Gasteiger partial charge is 0.294 e. The van der Waals surface area contributed by atoms with Gasteiger partial charge in [0.25, 0.3) is 0 Å². The third-order valence-electron chi connectivity index (χ3n) is 4.36. The Kier molecular flexibility index (Phi) is 3.40. The Labute approximate surface area is 113 Å². The smallest absolute Gasteiger partial charge is 0.168 e. The molecule has 0 amide bonds. The van der Waals surface area contributed by atoms with Gasteiger partial charge in [-0.05, 0) is 30.2 Å². The zero-order valence-electron chi connectivity index (χ0n) is 10.4. The van der Waals surface area contributed by atoms with Crippen LogP contribution in [-0.2, 0) is 0 Å². The van der Waals surface area contributed by atoms with Gasteiger partial charge in [-0.2, -0.15) is 4.90 Å². The van der Waals surface area contributed by atoms with Gasteiger partial charge in [-0.3, -0.25) is 4.79 Å². The van der Waals surface area contributed by atoms with E-state index in [4.69, 9.17) is 11.6 Å². The van der Waals surface area contributed by atoms with E-state index >= 15 is 0 Å². The molecule has 3 saturated heterocycles. The highest BCUT2D eigenvalue weighted by Crippen LogP contribution is 2.32. The number of nitrogens with zero attached hydrogens (tertiary/aromatic N) is 1. The normalized spacial score (nSPS) is 30.4. The van der Waals surface area contributed by atoms with Crippen molar-refractivity contribution in [3.63, 3.8) is 0 Å². The molecule has 2 bridgehead atoms. The van der Waals surface area contributed by atoms with Crippen LogP contribution in [0.1, 0.15) is 36.0 Å². The van der Waals surface area contributed by atoms with E-state index < -0.39 is 0 Å². The molecule has 1 radical (unpaired) electrons. The Hall–Kier alpha value is -0.860. The third-order valence-corrected chi connectivity index (χ3v) is 4.61. The highest BCUT2D eigenvalue weighted by molar-refractivity contribution is 6.30. The molecule has 3 heterocycles. The molecule has 3 heteroatoms. The number of carbonyl (C=O) groups is 1. The average Bonchev–Trinajstić information content (AvgIpc) is 2.41. The Morgan fingerprint density at radius 2 is 1.89 bits per heavy atom. The second kappa shape index (κ2) is 5.02. The van der Waals surface area contributed by atoms with E-state index in [-0.39, 0.29) is 5.78 Å². The Morgan fingerprint density at radius 3 is 2.44 bits per heavy atom. The van der Waals surface area contributed by atoms with Crippen molar-refractivity contribution < 1.29 is 4.79 Å². The summed E-state index contributed by atoms with van der Waals surface area (Å²) in [6.07, 6.45) is 4.52. The molecular formula is C15H18ClNO+. The van der Waals surface area contributed by atoms with E-state index in [0.29, 0.717) is 17.5 Å². The summed E-state index contributed by atoms with van der Waals surface area (Å²) in [5.74, 6) is 1.11. The van der Waals surface area contributed by atoms with E-state index in [9.17, 15) is 4.79 Å². The van der Waals surface area contributed by atoms with Crippen LogP contribution < -0.4 is 4.90 Å². The summed E-state index contributed by atoms with van der Waals surface area (Å²) in [4.78, 5) is 14.7. The van der Waals surface area contributed by atoms with E-state index in [0.717, 1.165) is 11.5 Å². The lowest BCUT2D eigenvalue weighted by atomic mass is 9.81. The van der Waals surface area contributed by atoms with Crippen molar-refractivity contribution in [2.45, 2.75) is 31.7 Å². The van der Waals surface area contributed by atoms with E-state index in [1.54, 1.807) is 12.1 Å². The lowest BCUT2D eigenvalue weighted by Crippen LogP contribution is -2.53. The Balaban J connectivity index is 1.66. The first-order valence-electron chi connectivity index (χ1n) is 6.75. The van der Waals surface area contributed by atoms with Crippen molar-refractivity contribution in [3.05, 3.63) is 34.9 Å². The summed E-state index contributed by atoms with van der Waals surface area (Å²) in [5, 5.41) is 0.687. The predicted molar refractivity (Wildman–Crippen MR) is 73.4 cm³/mol. The van der Waals surface area contributed by atoms with Crippen LogP contribution in [0.3, 0.4) is 0 Å². The zero-order chi connectivity index (χ0) is 12.5. The van der Waals surface area contributed by atoms with Gasteiger partial charge in [-0.25, -0.2) is 0 Å². The third kappa shape index (κ3) is 2.45. The van der Waals surface area contributed by atoms with Gasteiger partial charge in [0.2, 0.25) is 0 Å². The van der Waals surface area contributed by atoms with Crippen molar-refractivity contribution in [2.75, 3.05) is 13.1 Å². The van der Waals surface area contributed by atoms with Crippen LogP contribution in [0.15, 0.2) is 24.3 Å². The molecule has 0 aliphatic carbocycles. The van der Waals surface area contributed by atoms with Crippen molar-refractivity contribution in [2.24, 2.45) is 5.92 Å². The van der Waals surface area contributed by atoms with Crippen LogP contribution in [0.25, 0.3) is 0 Å². The van der Waals surface area contributed by atoms with Gasteiger partial charge < -0.3 is 0 Å². The number of hydrogen-bond donors (Lipinski definition) is 0. The molecule has 18 heavy (non-hydrogen) atoms. The molecule has 3 fully saturated rings. The van der Waals surface area contributed by atoms with Crippen LogP contribution in [0, 0.1) is 5.92 Å². The maximum absolute atomic E-state index is 12.2. The van der Waals surface area contributed by atoms with Gasteiger partial charge in [-0.1, -0.05) is 11.6 Å². The number of hydrogen-bond acceptors (Lipinski definition) is 2. The maximum Gasteiger partial charge on any atom is 0.168 e. The SMILES string of the molecule is O=C(CC1CC2CC[N+]1CC2)c1ccc(Cl)cc1. The number of piperidine rings is 3. The summed E-state index contributed by atoms with van der Waals surface area (Å²) in [5.41, 5.74) is 0.794. The molecule has 1 atom stereocenters. The van der Waals surface area contributed by atoms with Gasteiger partial charge in [0.05, 0.1) is 6.42 Å². The Morgan fingerprint density at radius 1 is 1.22 bits per heavy atom. The highest BCUT2D eigenvalue weighted by atomic mass is 35.5. The first kappa shape index (κ1) is 12.2. The number of halogens is 1. The Bertz CT molecular complexity index is 434. The van der Waals surface area contributed by atoms with E-state index in [2.05, 4.69) is 4.90 Å². The number of fused-ring (bicyclic) bond motifs is 3. The number of ketones is 1. The van der Waals surface area contributed by atoms with E-state index in [1.807, 2.05) is 12.1 Å². The molecule has 0 N–H and O–H groups in total. The summed E-state index contributed by atoms with van der Waals surface area (Å²) < 4.78 is 0. The molecule has 1 unspecified atom stereocenters. The fourth-order valence-electron chi connectivity index (χ4n) is 3.27. The fourth-order valence-corrected chi connectivity index (χ4v) is 3.39. The van der Waals surface area contributed by atoms with E-state index in [1.165, 1.54) is 32.4 Å². The predicted octanol–water partition coefficient (Wildman–Crippen LogP) is 3.24. The van der Waals surface area contributed by atoms with Gasteiger partial charge in [0, 0.05) is 29.8 Å². The topological polar surface area (TPSA) is 23.0 Å². The average molecular weight is 264 g/mol. The maximum atomic E-state index is 12.2. The van der Waals surface area contributed by atoms with Crippen molar-refractivity contribution in [1.29, 1.82) is 0 Å². The molecule has 1 aromatic carbocycles. The van der Waals surface area contributed by atoms with Crippen molar-refractivity contribution >= 4 is 17.4 Å². The first-order valence-corrected chi connectivity index (χ1v) is 7.13. The zero-order valence-corrected chi connectivity index (χ0v) is 11.2. The summed E-state index contributed by atoms with van der Waals surface area (Å²) >= 11 is 5.84. The van der Waals surface area contributed by atoms with Crippen molar-refractivity contribution in [3.8, 4) is 0 Å². The summed E-state index contributed by atoms with van der Waals surface area (Å²) in [7, 11) is 0. The quantitative estimate of drug-likeness (QED) is 0.607. The minimum absolute atomic E-state index is 0.254. The van der Waals surface area contributed by atoms with Gasteiger partial charge in [0.15, 0.2) is 5.78 Å². The monoisotopic (exact) mass is 263 g/mol. The molecular weight excluding hydrogens is 246 g/mol. The number of Topliss-reactive ketones (excluding diaryl/α,β-unsaturated/α-hetero) is 1. The summed E-state index contributed by atoms with van der Waals surface area (Å²) in [6.45, 7) is 2.37. The molecule has 0 spiro atoms. The fraction of sp³-hybridized carbons (Fsp3) is 0.533. The molecule has 2 nitrogen and oxygen atoms in total. The minimum atomic E-state index is 0.254. The molecule has 3 aliphatic rings. The van der Waals surface area contributed by atoms with Crippen LogP contribution in [0.2, 0.25) is 5.02 Å². The van der Waals surface area contributed by atoms with Crippen LogP contribution >= 0.6 is 11.6 Å². The number of rotatable bonds is 3. The van der Waals surface area contributed by atoms with Crippen LogP contribution in [0.5, 0.6) is 0 Å². The first-order chi connectivity index (χ1) is 8.72. The molecule has 0 saturated carbocycles. The standard InChI is InChI=1S/C15H18ClNO/c16-13-3-1-12(2-4-13)15(18)10-14-9-11-5-7-17(14)8-6-11/h1-4,11,14H,5-10H2/q+1. The highest BCUT2D eigenvalue weighted by Gasteiger charge is 2.42. The molecule has 1 aromatic rings. The molecule has 95 valence electrons. The second-order valence-electron chi connectivity index (χ2n) is 5.50. The van der Waals surface area contributed by atoms with Gasteiger partial charge in [0.1, 0.15) is 19.1 Å². The molecule has 3 aliphatic heterocycles. The van der Waals surface area contributed by atoms with Crippen LogP contribution in [-0.4, -0.2) is 24.9 Å². The second-order valence-corrected chi connectivity index (χ2v) is 5.94. The van der Waals surface area contributed by atoms with Gasteiger partial charge in [-0.15, -0.1) is 0 Å². The lowest BCUT2D eigenvalue weighted by molar-refractivity contribution is 0.0852. The lowest BCUT2D eigenvalue weighted by Gasteiger charge is -2.37.